The Morgan fingerprint density at radius 1 is 1.46 bits per heavy atom. The molecule has 0 aliphatic heterocycles. The van der Waals surface area contributed by atoms with Crippen LogP contribution in [0.4, 0.5) is 0 Å². The van der Waals surface area contributed by atoms with Gasteiger partial charge in [-0.2, -0.15) is 5.10 Å². The summed E-state index contributed by atoms with van der Waals surface area (Å²) in [4.78, 5) is 5.16. The van der Waals surface area contributed by atoms with E-state index in [9.17, 15) is 0 Å². The van der Waals surface area contributed by atoms with Gasteiger partial charge in [0, 0.05) is 11.1 Å². The summed E-state index contributed by atoms with van der Waals surface area (Å²) in [5, 5.41) is 5.40. The summed E-state index contributed by atoms with van der Waals surface area (Å²) in [5.74, 6) is 0.479. The largest absolute Gasteiger partial charge is 0.227 e. The van der Waals surface area contributed by atoms with Crippen molar-refractivity contribution in [3.8, 4) is 5.13 Å². The number of alkyl halides is 1. The van der Waals surface area contributed by atoms with Crippen molar-refractivity contribution in [1.29, 1.82) is 0 Å². The van der Waals surface area contributed by atoms with E-state index in [2.05, 4.69) is 10.1 Å². The number of hydrogen-bond donors (Lipinski definition) is 0. The lowest BCUT2D eigenvalue weighted by Gasteiger charge is -1.90. The van der Waals surface area contributed by atoms with Crippen molar-refractivity contribution >= 4 is 34.5 Å². The minimum absolute atomic E-state index is 0.479. The van der Waals surface area contributed by atoms with Crippen LogP contribution in [0, 0.1) is 0 Å². The molecule has 0 fully saturated rings. The topological polar surface area (TPSA) is 30.7 Å². The van der Waals surface area contributed by atoms with Gasteiger partial charge in [0.2, 0.25) is 5.13 Å². The Labute approximate surface area is 88.9 Å². The fourth-order valence-corrected chi connectivity index (χ4v) is 1.93. The molecule has 0 saturated heterocycles. The quantitative estimate of drug-likeness (QED) is 0.748. The van der Waals surface area contributed by atoms with E-state index in [0.717, 1.165) is 10.0 Å². The van der Waals surface area contributed by atoms with Crippen molar-refractivity contribution < 1.29 is 0 Å². The molecule has 0 bridgehead atoms. The van der Waals surface area contributed by atoms with Gasteiger partial charge >= 0.3 is 0 Å². The Balaban J connectivity index is 2.35. The molecule has 0 unspecified atom stereocenters. The van der Waals surface area contributed by atoms with Crippen LogP contribution in [0.15, 0.2) is 18.6 Å². The van der Waals surface area contributed by atoms with Crippen LogP contribution in [-0.4, -0.2) is 14.8 Å². The fraction of sp³-hybridized carbons (Fsp3) is 0.143. The van der Waals surface area contributed by atoms with Crippen LogP contribution < -0.4 is 0 Å². The SMILES string of the molecule is ClCc1cnc(-n2cc(Cl)cn2)s1. The molecule has 0 aliphatic rings. The third-order valence-corrected chi connectivity index (χ3v) is 3.05. The zero-order chi connectivity index (χ0) is 9.26. The van der Waals surface area contributed by atoms with E-state index in [1.165, 1.54) is 11.3 Å². The molecule has 2 aromatic heterocycles. The number of nitrogens with zero attached hydrogens (tertiary/aromatic N) is 3. The van der Waals surface area contributed by atoms with Gasteiger partial charge in [-0.15, -0.1) is 11.6 Å². The van der Waals surface area contributed by atoms with Crippen LogP contribution in [0.1, 0.15) is 4.88 Å². The Hall–Kier alpha value is -0.580. The van der Waals surface area contributed by atoms with Gasteiger partial charge in [-0.1, -0.05) is 22.9 Å². The number of aromatic nitrogens is 3. The van der Waals surface area contributed by atoms with Crippen LogP contribution in [0.25, 0.3) is 5.13 Å². The van der Waals surface area contributed by atoms with Gasteiger partial charge < -0.3 is 0 Å². The number of rotatable bonds is 2. The maximum Gasteiger partial charge on any atom is 0.210 e. The minimum atomic E-state index is 0.479. The lowest BCUT2D eigenvalue weighted by Crippen LogP contribution is -1.91. The maximum absolute atomic E-state index is 5.72. The van der Waals surface area contributed by atoms with Crippen LogP contribution in [0.3, 0.4) is 0 Å². The first-order valence-electron chi connectivity index (χ1n) is 3.51. The number of halogens is 2. The second-order valence-corrected chi connectivity index (χ2v) is 4.14. The minimum Gasteiger partial charge on any atom is -0.227 e. The van der Waals surface area contributed by atoms with Crippen molar-refractivity contribution in [2.24, 2.45) is 0 Å². The predicted molar refractivity (Wildman–Crippen MR) is 53.8 cm³/mol. The van der Waals surface area contributed by atoms with E-state index in [1.54, 1.807) is 23.3 Å². The average Bonchev–Trinajstić information content (AvgIpc) is 2.71. The first kappa shape index (κ1) is 8.99. The predicted octanol–water partition coefficient (Wildman–Crippen LogP) is 2.72. The van der Waals surface area contributed by atoms with Gasteiger partial charge in [0.05, 0.1) is 23.3 Å². The van der Waals surface area contributed by atoms with Crippen molar-refractivity contribution in [1.82, 2.24) is 14.8 Å². The van der Waals surface area contributed by atoms with Crippen LogP contribution in [0.5, 0.6) is 0 Å². The Bertz CT molecular complexity index is 409. The Morgan fingerprint density at radius 2 is 2.31 bits per heavy atom. The molecule has 0 atom stereocenters. The lowest BCUT2D eigenvalue weighted by molar-refractivity contribution is 0.869. The average molecular weight is 234 g/mol. The normalized spacial score (nSPS) is 10.6. The molecule has 2 heterocycles. The van der Waals surface area contributed by atoms with E-state index in [1.807, 2.05) is 0 Å². The van der Waals surface area contributed by atoms with E-state index < -0.39 is 0 Å². The van der Waals surface area contributed by atoms with Gasteiger partial charge in [0.15, 0.2) is 0 Å². The first-order chi connectivity index (χ1) is 6.29. The van der Waals surface area contributed by atoms with Gasteiger partial charge in [0.25, 0.3) is 0 Å². The van der Waals surface area contributed by atoms with E-state index in [0.29, 0.717) is 10.9 Å². The summed E-state index contributed by atoms with van der Waals surface area (Å²) in [7, 11) is 0. The Kier molecular flexibility index (Phi) is 2.53. The van der Waals surface area contributed by atoms with Crippen LogP contribution in [0.2, 0.25) is 5.02 Å². The molecule has 0 N–H and O–H groups in total. The number of thiazole rings is 1. The molecule has 3 nitrogen and oxygen atoms in total. The molecule has 0 aromatic carbocycles. The summed E-state index contributed by atoms with van der Waals surface area (Å²) in [6, 6.07) is 0. The van der Waals surface area contributed by atoms with Crippen molar-refractivity contribution in [2.75, 3.05) is 0 Å². The zero-order valence-corrected chi connectivity index (χ0v) is 8.77. The highest BCUT2D eigenvalue weighted by Crippen LogP contribution is 2.19. The molecule has 0 radical (unpaired) electrons. The van der Waals surface area contributed by atoms with Crippen LogP contribution in [-0.2, 0) is 5.88 Å². The summed E-state index contributed by atoms with van der Waals surface area (Å²) in [5.41, 5.74) is 0. The highest BCUT2D eigenvalue weighted by Gasteiger charge is 2.04. The third-order valence-electron chi connectivity index (χ3n) is 1.42. The molecular formula is C7H5Cl2N3S. The van der Waals surface area contributed by atoms with Crippen molar-refractivity contribution in [2.45, 2.75) is 5.88 Å². The molecule has 0 aliphatic carbocycles. The second-order valence-electron chi connectivity index (χ2n) is 2.35. The summed E-state index contributed by atoms with van der Waals surface area (Å²) in [6.07, 6.45) is 5.02. The third kappa shape index (κ3) is 1.85. The molecule has 13 heavy (non-hydrogen) atoms. The standard InChI is InChI=1S/C7H5Cl2N3S/c8-1-6-3-10-7(13-6)12-4-5(9)2-11-12/h2-4H,1H2. The lowest BCUT2D eigenvalue weighted by atomic mass is 10.6. The molecule has 0 spiro atoms. The molecule has 0 amide bonds. The summed E-state index contributed by atoms with van der Waals surface area (Å²) in [6.45, 7) is 0. The first-order valence-corrected chi connectivity index (χ1v) is 5.23. The van der Waals surface area contributed by atoms with Gasteiger partial charge in [-0.3, -0.25) is 0 Å². The summed E-state index contributed by atoms with van der Waals surface area (Å²) >= 11 is 12.9. The second kappa shape index (κ2) is 3.65. The highest BCUT2D eigenvalue weighted by molar-refractivity contribution is 7.14. The van der Waals surface area contributed by atoms with Gasteiger partial charge in [-0.25, -0.2) is 9.67 Å². The summed E-state index contributed by atoms with van der Waals surface area (Å²) < 4.78 is 1.63. The van der Waals surface area contributed by atoms with E-state index >= 15 is 0 Å². The molecule has 2 rings (SSSR count). The molecule has 68 valence electrons. The van der Waals surface area contributed by atoms with Gasteiger partial charge in [0.1, 0.15) is 0 Å². The van der Waals surface area contributed by atoms with E-state index in [-0.39, 0.29) is 0 Å². The highest BCUT2D eigenvalue weighted by atomic mass is 35.5. The van der Waals surface area contributed by atoms with Crippen molar-refractivity contribution in [3.63, 3.8) is 0 Å². The maximum atomic E-state index is 5.72. The molecular weight excluding hydrogens is 229 g/mol. The van der Waals surface area contributed by atoms with E-state index in [4.69, 9.17) is 23.2 Å². The fourth-order valence-electron chi connectivity index (χ4n) is 0.870. The molecule has 2 aromatic rings. The monoisotopic (exact) mass is 233 g/mol. The smallest absolute Gasteiger partial charge is 0.210 e. The van der Waals surface area contributed by atoms with Crippen molar-refractivity contribution in [3.05, 3.63) is 28.5 Å². The zero-order valence-electron chi connectivity index (χ0n) is 6.44. The molecule has 6 heteroatoms. The molecule has 0 saturated carbocycles. The number of hydrogen-bond acceptors (Lipinski definition) is 3. The Morgan fingerprint density at radius 3 is 2.85 bits per heavy atom. The van der Waals surface area contributed by atoms with Gasteiger partial charge in [-0.05, 0) is 0 Å². The van der Waals surface area contributed by atoms with Crippen LogP contribution >= 0.6 is 34.5 Å².